The molecule has 10 heteroatoms. The molecule has 3 N–H and O–H groups in total. The second-order valence-electron chi connectivity index (χ2n) is 9.74. The average molecular weight is 487 g/mol. The van der Waals surface area contributed by atoms with Crippen LogP contribution in [0.5, 0.6) is 0 Å². The van der Waals surface area contributed by atoms with Gasteiger partial charge in [-0.2, -0.15) is 0 Å². The summed E-state index contributed by atoms with van der Waals surface area (Å²) < 4.78 is 42.5. The molecule has 0 spiro atoms. The van der Waals surface area contributed by atoms with E-state index in [2.05, 4.69) is 39.4 Å². The number of urea groups is 1. The van der Waals surface area contributed by atoms with Gasteiger partial charge in [-0.1, -0.05) is 0 Å². The fraction of sp³-hybridized carbons (Fsp3) is 0.480. The summed E-state index contributed by atoms with van der Waals surface area (Å²) in [5.74, 6) is -1.87. The Kier molecular flexibility index (Phi) is 6.29. The van der Waals surface area contributed by atoms with Crippen LogP contribution in [0.1, 0.15) is 52.4 Å². The van der Waals surface area contributed by atoms with Gasteiger partial charge in [0.15, 0.2) is 17.5 Å². The summed E-state index contributed by atoms with van der Waals surface area (Å²) in [7, 11) is 0. The number of nitrogens with one attached hydrogen (secondary N) is 3. The zero-order chi connectivity index (χ0) is 24.7. The van der Waals surface area contributed by atoms with Crippen LogP contribution in [0.3, 0.4) is 0 Å². The Labute approximate surface area is 201 Å². The van der Waals surface area contributed by atoms with Crippen LogP contribution in [0.25, 0.3) is 22.3 Å². The van der Waals surface area contributed by atoms with E-state index in [0.29, 0.717) is 12.0 Å². The number of amides is 2. The van der Waals surface area contributed by atoms with Crippen LogP contribution in [0.4, 0.5) is 23.8 Å². The minimum Gasteiger partial charge on any atom is -0.365 e. The van der Waals surface area contributed by atoms with E-state index in [1.165, 1.54) is 12.3 Å². The van der Waals surface area contributed by atoms with E-state index >= 15 is 0 Å². The Morgan fingerprint density at radius 3 is 2.57 bits per heavy atom. The maximum atomic E-state index is 14.6. The highest BCUT2D eigenvalue weighted by Crippen LogP contribution is 2.31. The standard InChI is InChI=1S/C25H29F3N6O/c1-13-6-7-14(2)34(13)25(35)32-17-5-3-4-16(10-17)31-24-21(28)12-30-23(33-24)19-11-29-22-18(19)8-15(26)9-20(22)27/h8-9,11-14,16-17,29H,3-7,10H2,1-2H3,(H,32,35)(H,30,31,33)/t13-,14+,16-,17+/m0/s1. The first-order chi connectivity index (χ1) is 16.8. The molecule has 2 amide bonds. The maximum absolute atomic E-state index is 14.6. The molecule has 2 aromatic heterocycles. The van der Waals surface area contributed by atoms with Gasteiger partial charge in [0.2, 0.25) is 0 Å². The van der Waals surface area contributed by atoms with Crippen molar-refractivity contribution in [1.82, 2.24) is 25.2 Å². The summed E-state index contributed by atoms with van der Waals surface area (Å²) in [5, 5.41) is 6.61. The third-order valence-electron chi connectivity index (χ3n) is 7.22. The molecule has 0 unspecified atom stereocenters. The molecule has 186 valence electrons. The van der Waals surface area contributed by atoms with Crippen molar-refractivity contribution in [2.75, 3.05) is 5.32 Å². The second-order valence-corrected chi connectivity index (χ2v) is 9.74. The summed E-state index contributed by atoms with van der Waals surface area (Å²) in [6.07, 6.45) is 7.76. The number of fused-ring (bicyclic) bond motifs is 1. The SMILES string of the molecule is C[C@@H]1CC[C@H](C)N1C(=O)N[C@@H]1CCC[C@H](Nc2nc(-c3c[nH]c4c(F)cc(F)cc34)ncc2F)C1. The third-order valence-corrected chi connectivity index (χ3v) is 7.22. The van der Waals surface area contributed by atoms with Crippen LogP contribution in [0.15, 0.2) is 24.5 Å². The number of halogens is 3. The molecular formula is C25H29F3N6O. The number of anilines is 1. The molecule has 5 rings (SSSR count). The maximum Gasteiger partial charge on any atom is 0.318 e. The number of carbonyl (C=O) groups is 1. The topological polar surface area (TPSA) is 85.9 Å². The molecule has 4 atom stereocenters. The number of rotatable bonds is 4. The lowest BCUT2D eigenvalue weighted by molar-refractivity contribution is 0.172. The van der Waals surface area contributed by atoms with Crippen molar-refractivity contribution in [3.8, 4) is 11.4 Å². The second kappa shape index (κ2) is 9.39. The van der Waals surface area contributed by atoms with E-state index in [9.17, 15) is 18.0 Å². The van der Waals surface area contributed by atoms with Gasteiger partial charge in [0.1, 0.15) is 11.6 Å². The number of H-pyrrole nitrogens is 1. The van der Waals surface area contributed by atoms with Crippen molar-refractivity contribution in [3.63, 3.8) is 0 Å². The number of nitrogens with zero attached hydrogens (tertiary/aromatic N) is 3. The van der Waals surface area contributed by atoms with Gasteiger partial charge in [0.05, 0.1) is 11.7 Å². The molecule has 3 aromatic rings. The summed E-state index contributed by atoms with van der Waals surface area (Å²) in [5.41, 5.74) is 0.514. The predicted octanol–water partition coefficient (Wildman–Crippen LogP) is 5.35. The van der Waals surface area contributed by atoms with Gasteiger partial charge < -0.3 is 20.5 Å². The molecule has 2 fully saturated rings. The van der Waals surface area contributed by atoms with E-state index < -0.39 is 17.5 Å². The minimum absolute atomic E-state index is 0.0160. The van der Waals surface area contributed by atoms with Crippen LogP contribution in [0.2, 0.25) is 0 Å². The Morgan fingerprint density at radius 2 is 1.80 bits per heavy atom. The fourth-order valence-corrected chi connectivity index (χ4v) is 5.43. The fourth-order valence-electron chi connectivity index (χ4n) is 5.43. The number of likely N-dealkylation sites (tertiary alicyclic amines) is 1. The lowest BCUT2D eigenvalue weighted by Crippen LogP contribution is -2.50. The van der Waals surface area contributed by atoms with Crippen LogP contribution in [-0.4, -0.2) is 50.1 Å². The summed E-state index contributed by atoms with van der Waals surface area (Å²) >= 11 is 0. The Morgan fingerprint density at radius 1 is 1.06 bits per heavy atom. The van der Waals surface area contributed by atoms with Gasteiger partial charge in [0, 0.05) is 47.4 Å². The summed E-state index contributed by atoms with van der Waals surface area (Å²) in [4.78, 5) is 25.9. The molecule has 1 saturated carbocycles. The largest absolute Gasteiger partial charge is 0.365 e. The molecule has 3 heterocycles. The van der Waals surface area contributed by atoms with Gasteiger partial charge in [-0.05, 0) is 58.4 Å². The average Bonchev–Trinajstić information content (AvgIpc) is 3.38. The first kappa shape index (κ1) is 23.4. The third kappa shape index (κ3) is 4.66. The number of aromatic amines is 1. The Hall–Kier alpha value is -3.30. The zero-order valence-electron chi connectivity index (χ0n) is 19.7. The predicted molar refractivity (Wildman–Crippen MR) is 127 cm³/mol. The van der Waals surface area contributed by atoms with Crippen molar-refractivity contribution in [3.05, 3.63) is 42.0 Å². The molecule has 2 aliphatic rings. The molecular weight excluding hydrogens is 457 g/mol. The van der Waals surface area contributed by atoms with Crippen LogP contribution in [-0.2, 0) is 0 Å². The van der Waals surface area contributed by atoms with Gasteiger partial charge in [-0.15, -0.1) is 0 Å². The Bertz CT molecular complexity index is 1240. The molecule has 1 aromatic carbocycles. The van der Waals surface area contributed by atoms with Crippen LogP contribution >= 0.6 is 0 Å². The lowest BCUT2D eigenvalue weighted by atomic mass is 9.91. The summed E-state index contributed by atoms with van der Waals surface area (Å²) in [6, 6.07) is 2.30. The highest BCUT2D eigenvalue weighted by atomic mass is 19.1. The van der Waals surface area contributed by atoms with Gasteiger partial charge in [-0.25, -0.2) is 27.9 Å². The molecule has 1 aliphatic carbocycles. The van der Waals surface area contributed by atoms with Crippen molar-refractivity contribution in [2.45, 2.75) is 76.5 Å². The van der Waals surface area contributed by atoms with Crippen molar-refractivity contribution < 1.29 is 18.0 Å². The van der Waals surface area contributed by atoms with Gasteiger partial charge >= 0.3 is 6.03 Å². The van der Waals surface area contributed by atoms with E-state index in [4.69, 9.17) is 0 Å². The highest BCUT2D eigenvalue weighted by molar-refractivity contribution is 5.94. The van der Waals surface area contributed by atoms with E-state index in [1.807, 2.05) is 4.90 Å². The van der Waals surface area contributed by atoms with Crippen LogP contribution in [0, 0.1) is 17.5 Å². The van der Waals surface area contributed by atoms with Gasteiger partial charge in [0.25, 0.3) is 0 Å². The molecule has 35 heavy (non-hydrogen) atoms. The number of hydrogen-bond donors (Lipinski definition) is 3. The molecule has 1 aliphatic heterocycles. The lowest BCUT2D eigenvalue weighted by Gasteiger charge is -2.34. The summed E-state index contributed by atoms with van der Waals surface area (Å²) in [6.45, 7) is 4.14. The quantitative estimate of drug-likeness (QED) is 0.464. The zero-order valence-corrected chi connectivity index (χ0v) is 19.7. The smallest absolute Gasteiger partial charge is 0.318 e. The first-order valence-electron chi connectivity index (χ1n) is 12.1. The number of benzene rings is 1. The number of hydrogen-bond acceptors (Lipinski definition) is 4. The van der Waals surface area contributed by atoms with Gasteiger partial charge in [-0.3, -0.25) is 0 Å². The van der Waals surface area contributed by atoms with Crippen molar-refractivity contribution >= 4 is 22.8 Å². The number of aromatic nitrogens is 3. The normalized spacial score (nSPS) is 24.7. The van der Waals surface area contributed by atoms with Crippen molar-refractivity contribution in [1.29, 1.82) is 0 Å². The Balaban J connectivity index is 1.31. The van der Waals surface area contributed by atoms with Crippen LogP contribution < -0.4 is 10.6 Å². The molecule has 0 bridgehead atoms. The van der Waals surface area contributed by atoms with Crippen molar-refractivity contribution in [2.24, 2.45) is 0 Å². The monoisotopic (exact) mass is 486 g/mol. The molecule has 1 saturated heterocycles. The molecule has 7 nitrogen and oxygen atoms in total. The highest BCUT2D eigenvalue weighted by Gasteiger charge is 2.33. The first-order valence-corrected chi connectivity index (χ1v) is 12.1. The molecule has 0 radical (unpaired) electrons. The number of carbonyl (C=O) groups excluding carboxylic acids is 1. The minimum atomic E-state index is -0.722. The van der Waals surface area contributed by atoms with E-state index in [0.717, 1.165) is 44.4 Å². The van der Waals surface area contributed by atoms with E-state index in [-0.39, 0.29) is 52.7 Å². The van der Waals surface area contributed by atoms with E-state index in [1.54, 1.807) is 0 Å².